The molecule has 0 aliphatic rings. The molecular weight excluding hydrogens is 285 g/mol. The number of nitrogens with zero attached hydrogens (tertiary/aromatic N) is 1. The Bertz CT molecular complexity index is 484. The van der Waals surface area contributed by atoms with Crippen LogP contribution in [0.1, 0.15) is 29.3 Å². The van der Waals surface area contributed by atoms with Crippen molar-refractivity contribution < 1.29 is 23.1 Å². The summed E-state index contributed by atoms with van der Waals surface area (Å²) in [5, 5.41) is 11.4. The molecule has 1 aromatic carbocycles. The zero-order valence-electron chi connectivity index (χ0n) is 12.0. The fourth-order valence-electron chi connectivity index (χ4n) is 2.02. The number of alkyl halides is 3. The minimum absolute atomic E-state index is 0.0387. The van der Waals surface area contributed by atoms with Crippen LogP contribution in [0.25, 0.3) is 0 Å². The Hall–Kier alpha value is -1.76. The number of amides is 1. The quantitative estimate of drug-likeness (QED) is 0.849. The molecule has 21 heavy (non-hydrogen) atoms. The van der Waals surface area contributed by atoms with Crippen LogP contribution in [-0.2, 0) is 6.18 Å². The molecule has 0 unspecified atom stereocenters. The average Bonchev–Trinajstić information content (AvgIpc) is 2.44. The molecule has 0 saturated heterocycles. The molecule has 0 atom stereocenters. The second-order valence-corrected chi connectivity index (χ2v) is 4.52. The van der Waals surface area contributed by atoms with Gasteiger partial charge in [-0.25, -0.2) is 0 Å². The lowest BCUT2D eigenvalue weighted by Gasteiger charge is -2.22. The molecule has 0 aliphatic carbocycles. The number of benzene rings is 1. The van der Waals surface area contributed by atoms with Crippen molar-refractivity contribution in [3.8, 4) is 0 Å². The molecular formula is C14H19F3N2O2. The van der Waals surface area contributed by atoms with Gasteiger partial charge in [-0.15, -0.1) is 0 Å². The van der Waals surface area contributed by atoms with Crippen LogP contribution in [0, 0.1) is 0 Å². The van der Waals surface area contributed by atoms with Gasteiger partial charge >= 0.3 is 6.18 Å². The average molecular weight is 304 g/mol. The van der Waals surface area contributed by atoms with Crippen molar-refractivity contribution in [2.45, 2.75) is 19.5 Å². The fraction of sp³-hybridized carbons (Fsp3) is 0.500. The van der Waals surface area contributed by atoms with E-state index in [0.717, 1.165) is 6.07 Å². The van der Waals surface area contributed by atoms with E-state index in [1.807, 2.05) is 6.92 Å². The van der Waals surface area contributed by atoms with Gasteiger partial charge in [-0.05, 0) is 24.6 Å². The Morgan fingerprint density at radius 2 is 2.00 bits per heavy atom. The van der Waals surface area contributed by atoms with E-state index < -0.39 is 17.6 Å². The first kappa shape index (κ1) is 17.3. The number of hydrogen-bond donors (Lipinski definition) is 2. The summed E-state index contributed by atoms with van der Waals surface area (Å²) in [5.74, 6) is -0.515. The van der Waals surface area contributed by atoms with Gasteiger partial charge in [0.2, 0.25) is 0 Å². The van der Waals surface area contributed by atoms with Gasteiger partial charge in [-0.3, -0.25) is 4.79 Å². The molecule has 1 rings (SSSR count). The zero-order chi connectivity index (χ0) is 16.0. The van der Waals surface area contributed by atoms with Crippen LogP contribution in [0.4, 0.5) is 18.9 Å². The Morgan fingerprint density at radius 1 is 1.33 bits per heavy atom. The third-order valence-corrected chi connectivity index (χ3v) is 2.99. The van der Waals surface area contributed by atoms with E-state index in [0.29, 0.717) is 13.0 Å². The molecule has 0 aromatic heterocycles. The van der Waals surface area contributed by atoms with E-state index in [4.69, 9.17) is 5.11 Å². The maximum absolute atomic E-state index is 13.0. The Balaban J connectivity index is 3.15. The maximum atomic E-state index is 13.0. The lowest BCUT2D eigenvalue weighted by atomic mass is 10.1. The predicted octanol–water partition coefficient (Wildman–Crippen LogP) is 2.59. The predicted molar refractivity (Wildman–Crippen MR) is 74.3 cm³/mol. The molecule has 0 radical (unpaired) electrons. The number of carbonyl (C=O) groups excluding carboxylic acids is 1. The van der Waals surface area contributed by atoms with E-state index in [-0.39, 0.29) is 24.4 Å². The van der Waals surface area contributed by atoms with E-state index in [1.54, 1.807) is 0 Å². The summed E-state index contributed by atoms with van der Waals surface area (Å²) in [4.78, 5) is 13.6. The van der Waals surface area contributed by atoms with Crippen molar-refractivity contribution >= 4 is 11.6 Å². The summed E-state index contributed by atoms with van der Waals surface area (Å²) in [7, 11) is 1.39. The topological polar surface area (TPSA) is 52.6 Å². The number of aliphatic hydroxyl groups is 1. The van der Waals surface area contributed by atoms with Gasteiger partial charge in [-0.1, -0.05) is 6.92 Å². The summed E-state index contributed by atoms with van der Waals surface area (Å²) in [5.41, 5.74) is -0.997. The molecule has 0 saturated carbocycles. The first-order valence-electron chi connectivity index (χ1n) is 6.64. The molecule has 0 heterocycles. The smallest absolute Gasteiger partial charge is 0.395 e. The van der Waals surface area contributed by atoms with Crippen LogP contribution >= 0.6 is 0 Å². The summed E-state index contributed by atoms with van der Waals surface area (Å²) >= 11 is 0. The maximum Gasteiger partial charge on any atom is 0.418 e. The van der Waals surface area contributed by atoms with Crippen LogP contribution in [0.2, 0.25) is 0 Å². The minimum Gasteiger partial charge on any atom is -0.395 e. The van der Waals surface area contributed by atoms with Crippen molar-refractivity contribution in [3.63, 3.8) is 0 Å². The first-order chi connectivity index (χ1) is 9.85. The van der Waals surface area contributed by atoms with Crippen molar-refractivity contribution in [2.24, 2.45) is 0 Å². The largest absolute Gasteiger partial charge is 0.418 e. The highest BCUT2D eigenvalue weighted by atomic mass is 19.4. The highest BCUT2D eigenvalue weighted by Gasteiger charge is 2.34. The highest BCUT2D eigenvalue weighted by Crippen LogP contribution is 2.35. The molecule has 0 spiro atoms. The molecule has 0 bridgehead atoms. The summed E-state index contributed by atoms with van der Waals surface area (Å²) in [6, 6.07) is 3.43. The monoisotopic (exact) mass is 304 g/mol. The van der Waals surface area contributed by atoms with Gasteiger partial charge in [-0.2, -0.15) is 13.2 Å². The molecule has 7 heteroatoms. The van der Waals surface area contributed by atoms with Crippen LogP contribution in [0.15, 0.2) is 18.2 Å². The molecule has 118 valence electrons. The molecule has 1 amide bonds. The Labute approximate surface area is 121 Å². The number of hydrogen-bond acceptors (Lipinski definition) is 3. The number of aliphatic hydroxyl groups excluding tert-OH is 1. The van der Waals surface area contributed by atoms with Gasteiger partial charge < -0.3 is 15.3 Å². The van der Waals surface area contributed by atoms with E-state index in [1.165, 1.54) is 24.1 Å². The number of anilines is 1. The summed E-state index contributed by atoms with van der Waals surface area (Å²) in [6.07, 6.45) is -3.88. The Morgan fingerprint density at radius 3 is 2.48 bits per heavy atom. The number of nitrogens with one attached hydrogen (secondary N) is 1. The Kier molecular flexibility index (Phi) is 6.02. The van der Waals surface area contributed by atoms with Crippen LogP contribution in [-0.4, -0.2) is 42.7 Å². The van der Waals surface area contributed by atoms with Crippen LogP contribution in [0.3, 0.4) is 0 Å². The van der Waals surface area contributed by atoms with E-state index >= 15 is 0 Å². The molecule has 4 nitrogen and oxygen atoms in total. The zero-order valence-corrected chi connectivity index (χ0v) is 12.0. The summed E-state index contributed by atoms with van der Waals surface area (Å²) < 4.78 is 38.9. The summed E-state index contributed by atoms with van der Waals surface area (Å²) in [6.45, 7) is 2.10. The van der Waals surface area contributed by atoms with E-state index in [9.17, 15) is 18.0 Å². The lowest BCUT2D eigenvalue weighted by molar-refractivity contribution is -0.137. The van der Waals surface area contributed by atoms with Crippen molar-refractivity contribution in [1.29, 1.82) is 0 Å². The molecule has 0 aliphatic heterocycles. The van der Waals surface area contributed by atoms with Crippen LogP contribution in [0.5, 0.6) is 0 Å². The van der Waals surface area contributed by atoms with Gasteiger partial charge in [0.1, 0.15) is 0 Å². The number of halogens is 3. The fourth-order valence-corrected chi connectivity index (χ4v) is 2.02. The minimum atomic E-state index is -4.54. The highest BCUT2D eigenvalue weighted by molar-refractivity contribution is 5.95. The standard InChI is InChI=1S/C14H19F3N2O2/c1-3-6-19(7-8-20)13(21)10-4-5-12(18-2)11(9-10)14(15,16)17/h4-5,9,18,20H,3,6-8H2,1-2H3. The number of carbonyl (C=O) groups is 1. The second kappa shape index (κ2) is 7.31. The van der Waals surface area contributed by atoms with Gasteiger partial charge in [0, 0.05) is 31.4 Å². The van der Waals surface area contributed by atoms with Crippen molar-refractivity contribution in [1.82, 2.24) is 4.90 Å². The third kappa shape index (κ3) is 4.35. The first-order valence-corrected chi connectivity index (χ1v) is 6.64. The van der Waals surface area contributed by atoms with Crippen molar-refractivity contribution in [3.05, 3.63) is 29.3 Å². The third-order valence-electron chi connectivity index (χ3n) is 2.99. The van der Waals surface area contributed by atoms with Gasteiger partial charge in [0.05, 0.1) is 12.2 Å². The normalized spacial score (nSPS) is 11.3. The molecule has 2 N–H and O–H groups in total. The SMILES string of the molecule is CCCN(CCO)C(=O)c1ccc(NC)c(C(F)(F)F)c1. The molecule has 1 aromatic rings. The van der Waals surface area contributed by atoms with E-state index in [2.05, 4.69) is 5.32 Å². The van der Waals surface area contributed by atoms with Gasteiger partial charge in [0.25, 0.3) is 5.91 Å². The van der Waals surface area contributed by atoms with Crippen molar-refractivity contribution in [2.75, 3.05) is 32.1 Å². The van der Waals surface area contributed by atoms with Crippen LogP contribution < -0.4 is 5.32 Å². The lowest BCUT2D eigenvalue weighted by Crippen LogP contribution is -2.34. The molecule has 0 fully saturated rings. The van der Waals surface area contributed by atoms with Gasteiger partial charge in [0.15, 0.2) is 0 Å². The second-order valence-electron chi connectivity index (χ2n) is 4.52. The number of rotatable bonds is 6.